The van der Waals surface area contributed by atoms with E-state index < -0.39 is 21.8 Å². The van der Waals surface area contributed by atoms with Crippen molar-refractivity contribution >= 4 is 21.4 Å². The van der Waals surface area contributed by atoms with Gasteiger partial charge in [-0.2, -0.15) is 13.2 Å². The monoisotopic (exact) mass is 377 g/mol. The predicted molar refractivity (Wildman–Crippen MR) is 93.7 cm³/mol. The Bertz CT molecular complexity index is 931. The van der Waals surface area contributed by atoms with Gasteiger partial charge in [-0.1, -0.05) is 36.4 Å². The fraction of sp³-hybridized carbons (Fsp3) is 0.0526. The summed E-state index contributed by atoms with van der Waals surface area (Å²) in [7, 11) is -4.10. The molecule has 0 aliphatic heterocycles. The Hall–Kier alpha value is -2.80. The maximum atomic E-state index is 13.1. The molecule has 0 saturated carbocycles. The van der Waals surface area contributed by atoms with Crippen LogP contribution in [0.2, 0.25) is 0 Å². The van der Waals surface area contributed by atoms with Gasteiger partial charge in [0.2, 0.25) is 0 Å². The molecule has 0 saturated heterocycles. The Morgan fingerprint density at radius 2 is 1.08 bits per heavy atom. The molecule has 0 amide bonds. The number of sulfonamides is 1. The summed E-state index contributed by atoms with van der Waals surface area (Å²) >= 11 is 0. The molecule has 0 aromatic heterocycles. The van der Waals surface area contributed by atoms with Crippen LogP contribution in [0.4, 0.5) is 24.5 Å². The quantitative estimate of drug-likeness (QED) is 0.624. The van der Waals surface area contributed by atoms with Crippen LogP contribution in [-0.4, -0.2) is 8.42 Å². The zero-order valence-electron chi connectivity index (χ0n) is 13.4. The highest BCUT2D eigenvalue weighted by atomic mass is 32.2. The third-order valence-corrected chi connectivity index (χ3v) is 5.47. The molecular weight excluding hydrogens is 363 g/mol. The van der Waals surface area contributed by atoms with Crippen molar-refractivity contribution in [3.63, 3.8) is 0 Å². The second-order valence-electron chi connectivity index (χ2n) is 5.46. The van der Waals surface area contributed by atoms with Gasteiger partial charge < -0.3 is 0 Å². The maximum Gasteiger partial charge on any atom is 0.416 e. The van der Waals surface area contributed by atoms with Crippen molar-refractivity contribution < 1.29 is 21.6 Å². The molecule has 0 aliphatic rings. The van der Waals surface area contributed by atoms with Crippen molar-refractivity contribution in [2.24, 2.45) is 0 Å². The fourth-order valence-electron chi connectivity index (χ4n) is 2.47. The number of hydrogen-bond donors (Lipinski definition) is 0. The van der Waals surface area contributed by atoms with Crippen LogP contribution in [0.5, 0.6) is 0 Å². The first-order valence-corrected chi connectivity index (χ1v) is 9.07. The molecule has 0 aliphatic carbocycles. The van der Waals surface area contributed by atoms with Gasteiger partial charge in [0.05, 0.1) is 21.8 Å². The molecule has 0 radical (unpaired) electrons. The standard InChI is InChI=1S/C19H14F3NO2S/c20-19(21,22)15-11-13-18(14-12-15)26(24,25)23(16-7-3-1-4-8-16)17-9-5-2-6-10-17/h1-14H. The minimum Gasteiger partial charge on any atom is -0.235 e. The lowest BCUT2D eigenvalue weighted by Gasteiger charge is -2.24. The summed E-state index contributed by atoms with van der Waals surface area (Å²) in [5.74, 6) is 0. The van der Waals surface area contributed by atoms with Gasteiger partial charge in [-0.25, -0.2) is 12.7 Å². The molecule has 3 nitrogen and oxygen atoms in total. The normalized spacial score (nSPS) is 12.0. The van der Waals surface area contributed by atoms with Gasteiger partial charge in [0, 0.05) is 0 Å². The lowest BCUT2D eigenvalue weighted by Crippen LogP contribution is -2.26. The SMILES string of the molecule is O=S(=O)(c1ccc(C(F)(F)F)cc1)N(c1ccccc1)c1ccccc1. The van der Waals surface area contributed by atoms with E-state index in [0.29, 0.717) is 11.4 Å². The van der Waals surface area contributed by atoms with Crippen LogP contribution in [0, 0.1) is 0 Å². The van der Waals surface area contributed by atoms with Gasteiger partial charge in [0.1, 0.15) is 0 Å². The average Bonchev–Trinajstić information content (AvgIpc) is 2.63. The van der Waals surface area contributed by atoms with Gasteiger partial charge in [0.15, 0.2) is 0 Å². The van der Waals surface area contributed by atoms with E-state index in [1.165, 1.54) is 0 Å². The molecule has 0 fully saturated rings. The van der Waals surface area contributed by atoms with Crippen molar-refractivity contribution in [1.82, 2.24) is 0 Å². The minimum absolute atomic E-state index is 0.224. The Morgan fingerprint density at radius 3 is 1.46 bits per heavy atom. The zero-order valence-corrected chi connectivity index (χ0v) is 14.2. The highest BCUT2D eigenvalue weighted by Crippen LogP contribution is 2.34. The van der Waals surface area contributed by atoms with Gasteiger partial charge in [-0.15, -0.1) is 0 Å². The largest absolute Gasteiger partial charge is 0.416 e. The summed E-state index contributed by atoms with van der Waals surface area (Å²) in [5.41, 5.74) is -0.125. The Labute approximate surface area is 149 Å². The number of halogens is 3. The molecule has 26 heavy (non-hydrogen) atoms. The molecule has 0 atom stereocenters. The van der Waals surface area contributed by atoms with Crippen molar-refractivity contribution in [2.45, 2.75) is 11.1 Å². The summed E-state index contributed by atoms with van der Waals surface area (Å²) in [6.45, 7) is 0. The van der Waals surface area contributed by atoms with Crippen LogP contribution < -0.4 is 4.31 Å². The highest BCUT2D eigenvalue weighted by Gasteiger charge is 2.32. The molecule has 3 rings (SSSR count). The van der Waals surface area contributed by atoms with E-state index in [2.05, 4.69) is 0 Å². The number of benzene rings is 3. The first-order chi connectivity index (χ1) is 12.3. The topological polar surface area (TPSA) is 37.4 Å². The molecule has 0 bridgehead atoms. The van der Waals surface area contributed by atoms with E-state index in [1.54, 1.807) is 60.7 Å². The number of rotatable bonds is 4. The number of alkyl halides is 3. The Kier molecular flexibility index (Phi) is 4.73. The van der Waals surface area contributed by atoms with Crippen LogP contribution in [0.3, 0.4) is 0 Å². The fourth-order valence-corrected chi connectivity index (χ4v) is 3.96. The van der Waals surface area contributed by atoms with Crippen molar-refractivity contribution in [1.29, 1.82) is 0 Å². The first-order valence-electron chi connectivity index (χ1n) is 7.63. The molecule has 3 aromatic carbocycles. The lowest BCUT2D eigenvalue weighted by molar-refractivity contribution is -0.137. The minimum atomic E-state index is -4.53. The zero-order chi connectivity index (χ0) is 18.8. The third kappa shape index (κ3) is 3.57. The van der Waals surface area contributed by atoms with Crippen molar-refractivity contribution in [3.8, 4) is 0 Å². The third-order valence-electron chi connectivity index (χ3n) is 3.70. The Morgan fingerprint density at radius 1 is 0.654 bits per heavy atom. The van der Waals surface area contributed by atoms with E-state index in [4.69, 9.17) is 0 Å². The number of hydrogen-bond acceptors (Lipinski definition) is 2. The van der Waals surface area contributed by atoms with Crippen molar-refractivity contribution in [3.05, 3.63) is 90.5 Å². The number of para-hydroxylation sites is 2. The maximum absolute atomic E-state index is 13.1. The van der Waals surface area contributed by atoms with Crippen LogP contribution in [-0.2, 0) is 16.2 Å². The van der Waals surface area contributed by atoms with Gasteiger partial charge in [-0.3, -0.25) is 0 Å². The molecule has 3 aromatic rings. The molecule has 134 valence electrons. The Balaban J connectivity index is 2.11. The molecule has 0 N–H and O–H groups in total. The van der Waals surface area contributed by atoms with Crippen LogP contribution in [0.1, 0.15) is 5.56 Å². The summed E-state index contributed by atoms with van der Waals surface area (Å²) in [5, 5.41) is 0. The summed E-state index contributed by atoms with van der Waals surface area (Å²) in [6, 6.07) is 20.2. The summed E-state index contributed by atoms with van der Waals surface area (Å²) in [4.78, 5) is -0.224. The van der Waals surface area contributed by atoms with Gasteiger partial charge in [0.25, 0.3) is 10.0 Å². The molecule has 0 spiro atoms. The second-order valence-corrected chi connectivity index (χ2v) is 7.25. The van der Waals surface area contributed by atoms with Crippen LogP contribution in [0.25, 0.3) is 0 Å². The molecule has 0 unspecified atom stereocenters. The van der Waals surface area contributed by atoms with Crippen molar-refractivity contribution in [2.75, 3.05) is 4.31 Å². The van der Waals surface area contributed by atoms with E-state index >= 15 is 0 Å². The smallest absolute Gasteiger partial charge is 0.235 e. The van der Waals surface area contributed by atoms with E-state index in [9.17, 15) is 21.6 Å². The number of nitrogens with zero attached hydrogens (tertiary/aromatic N) is 1. The van der Waals surface area contributed by atoms with Crippen LogP contribution >= 0.6 is 0 Å². The second kappa shape index (κ2) is 6.84. The molecule has 0 heterocycles. The van der Waals surface area contributed by atoms with E-state index in [-0.39, 0.29) is 4.90 Å². The van der Waals surface area contributed by atoms with Crippen LogP contribution in [0.15, 0.2) is 89.8 Å². The highest BCUT2D eigenvalue weighted by molar-refractivity contribution is 7.93. The van der Waals surface area contributed by atoms with Gasteiger partial charge >= 0.3 is 6.18 Å². The van der Waals surface area contributed by atoms with Gasteiger partial charge in [-0.05, 0) is 48.5 Å². The average molecular weight is 377 g/mol. The predicted octanol–water partition coefficient (Wildman–Crippen LogP) is 5.23. The first kappa shape index (κ1) is 18.0. The van der Waals surface area contributed by atoms with E-state index in [0.717, 1.165) is 28.6 Å². The summed E-state index contributed by atoms with van der Waals surface area (Å²) < 4.78 is 65.6. The summed E-state index contributed by atoms with van der Waals surface area (Å²) in [6.07, 6.45) is -4.53. The number of anilines is 2. The molecule has 7 heteroatoms. The lowest BCUT2D eigenvalue weighted by atomic mass is 10.2. The van der Waals surface area contributed by atoms with E-state index in [1.807, 2.05) is 0 Å². The molecular formula is C19H14F3NO2S.